The third-order valence-electron chi connectivity index (χ3n) is 3.65. The third kappa shape index (κ3) is 2.19. The van der Waals surface area contributed by atoms with E-state index in [1.165, 1.54) is 17.5 Å². The first kappa shape index (κ1) is 13.1. The van der Waals surface area contributed by atoms with Gasteiger partial charge in [0.25, 0.3) is 0 Å². The molecule has 3 rings (SSSR count). The second kappa shape index (κ2) is 4.88. The van der Waals surface area contributed by atoms with Crippen molar-refractivity contribution in [3.8, 4) is 12.1 Å². The van der Waals surface area contributed by atoms with Crippen LogP contribution in [0.4, 0.5) is 5.82 Å². The van der Waals surface area contributed by atoms with E-state index < -0.39 is 0 Å². The van der Waals surface area contributed by atoms with Crippen LogP contribution in [0.25, 0.3) is 0 Å². The van der Waals surface area contributed by atoms with Crippen molar-refractivity contribution in [1.82, 2.24) is 19.7 Å². The Morgan fingerprint density at radius 1 is 1.29 bits per heavy atom. The van der Waals surface area contributed by atoms with Gasteiger partial charge in [0.05, 0.1) is 23.6 Å². The first-order valence-electron chi connectivity index (χ1n) is 6.65. The van der Waals surface area contributed by atoms with E-state index in [-0.39, 0.29) is 23.1 Å². The predicted molar refractivity (Wildman–Crippen MR) is 73.9 cm³/mol. The number of rotatable bonds is 3. The fraction of sp³-hybridized carbons (Fsp3) is 0.357. The van der Waals surface area contributed by atoms with Crippen LogP contribution in [-0.2, 0) is 0 Å². The van der Waals surface area contributed by atoms with Gasteiger partial charge in [-0.25, -0.2) is 4.68 Å². The van der Waals surface area contributed by atoms with Gasteiger partial charge in [-0.15, -0.1) is 0 Å². The molecule has 2 aromatic rings. The molecule has 104 valence electrons. The molecule has 2 N–H and O–H groups in total. The van der Waals surface area contributed by atoms with Gasteiger partial charge in [-0.3, -0.25) is 9.97 Å². The molecule has 0 aliphatic heterocycles. The second-order valence-corrected chi connectivity index (χ2v) is 5.09. The summed E-state index contributed by atoms with van der Waals surface area (Å²) in [5.74, 6) is 0.724. The lowest BCUT2D eigenvalue weighted by atomic mass is 10.2. The van der Waals surface area contributed by atoms with Crippen LogP contribution in [0.5, 0.6) is 0 Å². The van der Waals surface area contributed by atoms with Gasteiger partial charge in [0.1, 0.15) is 23.5 Å². The summed E-state index contributed by atoms with van der Waals surface area (Å²) in [6, 6.07) is 3.49. The summed E-state index contributed by atoms with van der Waals surface area (Å²) in [4.78, 5) is 8.82. The van der Waals surface area contributed by atoms with E-state index in [0.29, 0.717) is 11.6 Å². The molecular formula is C14H13N7. The van der Waals surface area contributed by atoms with E-state index >= 15 is 0 Å². The first-order chi connectivity index (χ1) is 10.2. The zero-order valence-corrected chi connectivity index (χ0v) is 11.5. The minimum atomic E-state index is -0.292. The van der Waals surface area contributed by atoms with Crippen LogP contribution < -0.4 is 5.73 Å². The largest absolute Gasteiger partial charge is 0.383 e. The average molecular weight is 279 g/mol. The molecule has 1 aliphatic rings. The molecule has 1 saturated carbocycles. The highest BCUT2D eigenvalue weighted by Gasteiger charge is 2.26. The van der Waals surface area contributed by atoms with Crippen molar-refractivity contribution in [2.45, 2.75) is 31.7 Å². The molecule has 2 heterocycles. The molecule has 0 amide bonds. The molecule has 0 saturated heterocycles. The molecular weight excluding hydrogens is 266 g/mol. The molecule has 1 unspecified atom stereocenters. The van der Waals surface area contributed by atoms with Gasteiger partial charge in [0.2, 0.25) is 0 Å². The number of hydrogen-bond acceptors (Lipinski definition) is 6. The van der Waals surface area contributed by atoms with Crippen LogP contribution in [0.3, 0.4) is 0 Å². The highest BCUT2D eigenvalue weighted by Crippen LogP contribution is 2.38. The van der Waals surface area contributed by atoms with Crippen molar-refractivity contribution in [2.24, 2.45) is 0 Å². The molecule has 0 spiro atoms. The van der Waals surface area contributed by atoms with Gasteiger partial charge in [-0.05, 0) is 19.8 Å². The molecule has 0 bridgehead atoms. The Bertz CT molecular complexity index is 756. The second-order valence-electron chi connectivity index (χ2n) is 5.09. The molecule has 21 heavy (non-hydrogen) atoms. The lowest BCUT2D eigenvalue weighted by Gasteiger charge is -2.13. The van der Waals surface area contributed by atoms with Gasteiger partial charge >= 0.3 is 0 Å². The summed E-state index contributed by atoms with van der Waals surface area (Å²) in [5.41, 5.74) is 7.74. The molecule has 7 heteroatoms. The zero-order chi connectivity index (χ0) is 15.0. The number of hydrogen-bond donors (Lipinski definition) is 1. The van der Waals surface area contributed by atoms with E-state index in [9.17, 15) is 0 Å². The van der Waals surface area contributed by atoms with E-state index in [2.05, 4.69) is 15.1 Å². The van der Waals surface area contributed by atoms with Crippen LogP contribution in [0, 0.1) is 22.7 Å². The Labute approximate surface area is 121 Å². The predicted octanol–water partition coefficient (Wildman–Crippen LogP) is 1.49. The van der Waals surface area contributed by atoms with Crippen molar-refractivity contribution < 1.29 is 0 Å². The average Bonchev–Trinajstić information content (AvgIpc) is 3.30. The fourth-order valence-corrected chi connectivity index (χ4v) is 2.21. The maximum atomic E-state index is 9.04. The van der Waals surface area contributed by atoms with Crippen LogP contribution in [-0.4, -0.2) is 19.7 Å². The summed E-state index contributed by atoms with van der Waals surface area (Å²) < 4.78 is 1.44. The Kier molecular flexibility index (Phi) is 3.03. The van der Waals surface area contributed by atoms with Crippen LogP contribution in [0.1, 0.15) is 54.4 Å². The quantitative estimate of drug-likeness (QED) is 0.909. The summed E-state index contributed by atoms with van der Waals surface area (Å²) >= 11 is 0. The molecule has 0 radical (unpaired) electrons. The molecule has 1 fully saturated rings. The van der Waals surface area contributed by atoms with Crippen LogP contribution in [0.15, 0.2) is 12.4 Å². The minimum absolute atomic E-state index is 0.0319. The Hall–Kier alpha value is -2.93. The van der Waals surface area contributed by atoms with Crippen molar-refractivity contribution in [2.75, 3.05) is 5.73 Å². The lowest BCUT2D eigenvalue weighted by Crippen LogP contribution is -2.13. The topological polar surface area (TPSA) is 117 Å². The maximum absolute atomic E-state index is 9.04. The standard InChI is InChI=1S/C14H13N7/c1-8(12-6-19-13(7-18-12)9-2-3-9)21-14(17)10(4-15)11(5-16)20-21/h6-9H,2-3,17H2,1H3. The number of nitrogens with zero attached hydrogens (tertiary/aromatic N) is 6. The normalized spacial score (nSPS) is 15.2. The van der Waals surface area contributed by atoms with Crippen LogP contribution >= 0.6 is 0 Å². The molecule has 2 aromatic heterocycles. The summed E-state index contributed by atoms with van der Waals surface area (Å²) in [7, 11) is 0. The highest BCUT2D eigenvalue weighted by atomic mass is 15.3. The highest BCUT2D eigenvalue weighted by molar-refractivity contribution is 5.56. The summed E-state index contributed by atoms with van der Waals surface area (Å²) in [6.45, 7) is 1.85. The van der Waals surface area contributed by atoms with E-state index in [4.69, 9.17) is 16.3 Å². The van der Waals surface area contributed by atoms with E-state index in [1.54, 1.807) is 12.4 Å². The molecule has 7 nitrogen and oxygen atoms in total. The van der Waals surface area contributed by atoms with Gasteiger partial charge in [0.15, 0.2) is 5.69 Å². The van der Waals surface area contributed by atoms with Gasteiger partial charge in [0, 0.05) is 12.1 Å². The monoisotopic (exact) mass is 279 g/mol. The van der Waals surface area contributed by atoms with E-state index in [0.717, 1.165) is 5.69 Å². The molecule has 0 aromatic carbocycles. The Morgan fingerprint density at radius 3 is 2.52 bits per heavy atom. The number of nitriles is 2. The van der Waals surface area contributed by atoms with Gasteiger partial charge in [-0.2, -0.15) is 15.6 Å². The number of nitrogens with two attached hydrogens (primary N) is 1. The van der Waals surface area contributed by atoms with Crippen LogP contribution in [0.2, 0.25) is 0 Å². The van der Waals surface area contributed by atoms with E-state index in [1.807, 2.05) is 19.1 Å². The number of anilines is 1. The maximum Gasteiger partial charge on any atom is 0.182 e. The zero-order valence-electron chi connectivity index (χ0n) is 11.5. The van der Waals surface area contributed by atoms with Crippen molar-refractivity contribution >= 4 is 5.82 Å². The van der Waals surface area contributed by atoms with Crippen molar-refractivity contribution in [1.29, 1.82) is 10.5 Å². The van der Waals surface area contributed by atoms with Gasteiger partial charge in [-0.1, -0.05) is 0 Å². The molecule has 1 aliphatic carbocycles. The Balaban J connectivity index is 1.94. The minimum Gasteiger partial charge on any atom is -0.383 e. The fourth-order valence-electron chi connectivity index (χ4n) is 2.21. The van der Waals surface area contributed by atoms with Crippen molar-refractivity contribution in [3.05, 3.63) is 35.0 Å². The Morgan fingerprint density at radius 2 is 2.05 bits per heavy atom. The summed E-state index contributed by atoms with van der Waals surface area (Å²) in [5, 5.41) is 22.1. The third-order valence-corrected chi connectivity index (χ3v) is 3.65. The van der Waals surface area contributed by atoms with Gasteiger partial charge < -0.3 is 5.73 Å². The SMILES string of the molecule is CC(c1cnc(C2CC2)cn1)n1nc(C#N)c(C#N)c1N. The summed E-state index contributed by atoms with van der Waals surface area (Å²) in [6.07, 6.45) is 5.83. The molecule has 1 atom stereocenters. The first-order valence-corrected chi connectivity index (χ1v) is 6.65. The number of aromatic nitrogens is 4. The van der Waals surface area contributed by atoms with Crippen molar-refractivity contribution in [3.63, 3.8) is 0 Å². The number of nitrogen functional groups attached to an aromatic ring is 1. The lowest BCUT2D eigenvalue weighted by molar-refractivity contribution is 0.555. The smallest absolute Gasteiger partial charge is 0.182 e.